The summed E-state index contributed by atoms with van der Waals surface area (Å²) in [6, 6.07) is 12.4. The molecule has 7 heteroatoms. The Morgan fingerprint density at radius 2 is 2.00 bits per heavy atom. The Balaban J connectivity index is 1.66. The molecule has 1 aliphatic heterocycles. The van der Waals surface area contributed by atoms with Gasteiger partial charge in [0.15, 0.2) is 17.3 Å². The molecule has 4 rings (SSSR count). The van der Waals surface area contributed by atoms with Gasteiger partial charge in [0.2, 0.25) is 12.4 Å². The number of ketones is 1. The van der Waals surface area contributed by atoms with Crippen molar-refractivity contribution >= 4 is 17.4 Å². The Hall–Kier alpha value is -2.99. The molecule has 2 heterocycles. The Labute approximate surface area is 154 Å². The lowest BCUT2D eigenvalue weighted by Crippen LogP contribution is -2.25. The summed E-state index contributed by atoms with van der Waals surface area (Å²) in [5.41, 5.74) is 2.46. The van der Waals surface area contributed by atoms with Gasteiger partial charge in [-0.2, -0.15) is 0 Å². The third-order valence-electron chi connectivity index (χ3n) is 4.36. The van der Waals surface area contributed by atoms with E-state index in [4.69, 9.17) is 26.5 Å². The molecule has 0 saturated heterocycles. The van der Waals surface area contributed by atoms with E-state index < -0.39 is 0 Å². The van der Waals surface area contributed by atoms with Crippen LogP contribution in [0.4, 0.5) is 0 Å². The van der Waals surface area contributed by atoms with Crippen molar-refractivity contribution in [3.05, 3.63) is 64.9 Å². The number of fused-ring (bicyclic) bond motifs is 1. The zero-order chi connectivity index (χ0) is 18.3. The van der Waals surface area contributed by atoms with Crippen molar-refractivity contribution in [1.29, 1.82) is 5.41 Å². The number of Topliss-reactive ketones (excluding diaryl/α,β-unsaturated/α-hetero) is 1. The van der Waals surface area contributed by atoms with Gasteiger partial charge in [0.1, 0.15) is 0 Å². The molecule has 26 heavy (non-hydrogen) atoms. The van der Waals surface area contributed by atoms with Crippen LogP contribution in [0.3, 0.4) is 0 Å². The molecule has 0 unspecified atom stereocenters. The van der Waals surface area contributed by atoms with Crippen molar-refractivity contribution < 1.29 is 14.3 Å². The molecular weight excluding hydrogens is 354 g/mol. The van der Waals surface area contributed by atoms with Crippen molar-refractivity contribution in [2.75, 3.05) is 6.79 Å². The first kappa shape index (κ1) is 16.5. The molecule has 6 nitrogen and oxygen atoms in total. The van der Waals surface area contributed by atoms with Crippen LogP contribution in [0.15, 0.2) is 48.7 Å². The topological polar surface area (TPSA) is 69.2 Å². The quantitative estimate of drug-likeness (QED) is 0.718. The number of hydrogen-bond donors (Lipinski definition) is 1. The number of aromatic nitrogens is 2. The number of benzene rings is 2. The minimum absolute atomic E-state index is 0.0670. The number of nitrogens with zero attached hydrogens (tertiary/aromatic N) is 2. The lowest BCUT2D eigenvalue weighted by atomic mass is 10.1. The molecule has 0 amide bonds. The van der Waals surface area contributed by atoms with Gasteiger partial charge in [-0.1, -0.05) is 23.7 Å². The monoisotopic (exact) mass is 369 g/mol. The first-order valence-corrected chi connectivity index (χ1v) is 8.40. The lowest BCUT2D eigenvalue weighted by molar-refractivity contribution is 0.0970. The zero-order valence-electron chi connectivity index (χ0n) is 14.0. The number of rotatable bonds is 4. The Bertz CT molecular complexity index is 1070. The minimum Gasteiger partial charge on any atom is -0.454 e. The van der Waals surface area contributed by atoms with E-state index in [0.717, 1.165) is 11.3 Å². The van der Waals surface area contributed by atoms with Crippen molar-refractivity contribution in [2.24, 2.45) is 7.05 Å². The minimum atomic E-state index is -0.103. The average molecular weight is 370 g/mol. The highest BCUT2D eigenvalue weighted by atomic mass is 35.5. The fourth-order valence-electron chi connectivity index (χ4n) is 2.95. The number of halogens is 1. The van der Waals surface area contributed by atoms with Crippen LogP contribution in [-0.4, -0.2) is 21.7 Å². The highest BCUT2D eigenvalue weighted by molar-refractivity contribution is 6.31. The first-order chi connectivity index (χ1) is 12.5. The van der Waals surface area contributed by atoms with Gasteiger partial charge in [0.25, 0.3) is 0 Å². The fraction of sp³-hybridized carbons (Fsp3) is 0.158. The van der Waals surface area contributed by atoms with E-state index in [1.54, 1.807) is 46.6 Å². The molecule has 0 atom stereocenters. The Morgan fingerprint density at radius 1 is 1.19 bits per heavy atom. The standard InChI is InChI=1S/C19H16ClN3O3/c1-22-15(12-5-6-17-18(8-12)26-11-25-17)9-23(19(22)21)10-16(24)13-3-2-4-14(20)7-13/h2-9,21H,10-11H2,1H3. The van der Waals surface area contributed by atoms with Gasteiger partial charge in [-0.25, -0.2) is 0 Å². The van der Waals surface area contributed by atoms with Gasteiger partial charge < -0.3 is 18.6 Å². The summed E-state index contributed by atoms with van der Waals surface area (Å²) in [7, 11) is 1.79. The maximum absolute atomic E-state index is 12.5. The molecular formula is C19H16ClN3O3. The van der Waals surface area contributed by atoms with E-state index in [1.807, 2.05) is 18.2 Å². The van der Waals surface area contributed by atoms with E-state index in [-0.39, 0.29) is 24.7 Å². The molecule has 1 N–H and O–H groups in total. The van der Waals surface area contributed by atoms with Crippen LogP contribution in [0.25, 0.3) is 11.3 Å². The fourth-order valence-corrected chi connectivity index (χ4v) is 3.14. The second-order valence-electron chi connectivity index (χ2n) is 6.03. The molecule has 1 aliphatic rings. The van der Waals surface area contributed by atoms with Gasteiger partial charge in [-0.05, 0) is 30.3 Å². The first-order valence-electron chi connectivity index (χ1n) is 8.02. The number of imidazole rings is 1. The second kappa shape index (κ2) is 6.38. The predicted octanol–water partition coefficient (Wildman–Crippen LogP) is 3.24. The van der Waals surface area contributed by atoms with E-state index in [2.05, 4.69) is 0 Å². The van der Waals surface area contributed by atoms with E-state index >= 15 is 0 Å². The third kappa shape index (κ3) is 2.88. The maximum atomic E-state index is 12.5. The summed E-state index contributed by atoms with van der Waals surface area (Å²) in [4.78, 5) is 12.5. The van der Waals surface area contributed by atoms with E-state index in [9.17, 15) is 4.79 Å². The van der Waals surface area contributed by atoms with Gasteiger partial charge >= 0.3 is 0 Å². The molecule has 3 aromatic rings. The highest BCUT2D eigenvalue weighted by Gasteiger charge is 2.17. The van der Waals surface area contributed by atoms with Gasteiger partial charge in [-0.15, -0.1) is 0 Å². The summed E-state index contributed by atoms with van der Waals surface area (Å²) in [6.45, 7) is 0.279. The van der Waals surface area contributed by atoms with Crippen molar-refractivity contribution in [2.45, 2.75) is 6.54 Å². The van der Waals surface area contributed by atoms with Crippen molar-refractivity contribution in [3.63, 3.8) is 0 Å². The number of ether oxygens (including phenoxy) is 2. The smallest absolute Gasteiger partial charge is 0.231 e. The Kier molecular flexibility index (Phi) is 4.05. The molecule has 132 valence electrons. The summed E-state index contributed by atoms with van der Waals surface area (Å²) in [6.07, 6.45) is 1.79. The molecule has 0 aliphatic carbocycles. The molecule has 0 spiro atoms. The van der Waals surface area contributed by atoms with Crippen LogP contribution >= 0.6 is 11.6 Å². The largest absolute Gasteiger partial charge is 0.454 e. The van der Waals surface area contributed by atoms with E-state index in [1.165, 1.54) is 0 Å². The lowest BCUT2D eigenvalue weighted by Gasteiger charge is -2.03. The molecule has 0 fully saturated rings. The predicted molar refractivity (Wildman–Crippen MR) is 96.6 cm³/mol. The summed E-state index contributed by atoms with van der Waals surface area (Å²) in [5.74, 6) is 1.28. The normalized spacial score (nSPS) is 12.4. The van der Waals surface area contributed by atoms with Crippen LogP contribution in [0.2, 0.25) is 5.02 Å². The van der Waals surface area contributed by atoms with E-state index in [0.29, 0.717) is 22.1 Å². The van der Waals surface area contributed by atoms with Crippen LogP contribution in [0.5, 0.6) is 11.5 Å². The molecule has 1 aromatic heterocycles. The summed E-state index contributed by atoms with van der Waals surface area (Å²) < 4.78 is 14.1. The van der Waals surface area contributed by atoms with Gasteiger partial charge in [-0.3, -0.25) is 10.2 Å². The SMILES string of the molecule is Cn1c(-c2ccc3c(c2)OCO3)cn(CC(=O)c2cccc(Cl)c2)c1=N. The second-order valence-corrected chi connectivity index (χ2v) is 6.46. The van der Waals surface area contributed by atoms with Crippen LogP contribution in [0, 0.1) is 5.41 Å². The van der Waals surface area contributed by atoms with Crippen molar-refractivity contribution in [1.82, 2.24) is 9.13 Å². The summed E-state index contributed by atoms with van der Waals surface area (Å²) in [5, 5.41) is 8.82. The number of carbonyl (C=O) groups is 1. The number of carbonyl (C=O) groups excluding carboxylic acids is 1. The molecule has 0 bridgehead atoms. The van der Waals surface area contributed by atoms with Gasteiger partial charge in [0.05, 0.1) is 12.2 Å². The molecule has 2 aromatic carbocycles. The third-order valence-corrected chi connectivity index (χ3v) is 4.59. The Morgan fingerprint density at radius 3 is 2.81 bits per heavy atom. The van der Waals surface area contributed by atoms with Crippen LogP contribution < -0.4 is 15.1 Å². The highest BCUT2D eigenvalue weighted by Crippen LogP contribution is 2.35. The number of nitrogens with one attached hydrogen (secondary N) is 1. The van der Waals surface area contributed by atoms with Gasteiger partial charge in [0, 0.05) is 29.4 Å². The summed E-state index contributed by atoms with van der Waals surface area (Å²) >= 11 is 5.96. The molecule has 0 saturated carbocycles. The molecule has 0 radical (unpaired) electrons. The number of hydrogen-bond acceptors (Lipinski definition) is 4. The van der Waals surface area contributed by atoms with Crippen LogP contribution in [-0.2, 0) is 13.6 Å². The van der Waals surface area contributed by atoms with Crippen LogP contribution in [0.1, 0.15) is 10.4 Å². The maximum Gasteiger partial charge on any atom is 0.231 e. The average Bonchev–Trinajstić information content (AvgIpc) is 3.21. The van der Waals surface area contributed by atoms with Crippen molar-refractivity contribution in [3.8, 4) is 22.8 Å². The zero-order valence-corrected chi connectivity index (χ0v) is 14.8.